The molecule has 2 aromatic heterocycles. The average Bonchev–Trinajstić information content (AvgIpc) is 2.59. The van der Waals surface area contributed by atoms with Crippen LogP contribution in [0.15, 0.2) is 45.6 Å². The number of halogens is 2. The number of aliphatic carboxylic acids is 2. The fourth-order valence-electron chi connectivity index (χ4n) is 1.09. The van der Waals surface area contributed by atoms with Crippen LogP contribution in [0.5, 0.6) is 0 Å². The molecule has 0 unspecified atom stereocenters. The number of nitrogen functional groups attached to an aromatic ring is 2. The van der Waals surface area contributed by atoms with Crippen molar-refractivity contribution < 1.29 is 40.0 Å². The molecule has 0 aliphatic heterocycles. The number of aromatic amines is 2. The maximum Gasteiger partial charge on any atom is 0.270 e. The third kappa shape index (κ3) is 10.6. The van der Waals surface area contributed by atoms with Gasteiger partial charge in [0.15, 0.2) is 0 Å². The van der Waals surface area contributed by atoms with Crippen LogP contribution in [0.4, 0.5) is 11.6 Å². The predicted molar refractivity (Wildman–Crippen MR) is 92.2 cm³/mol. The van der Waals surface area contributed by atoms with Crippen molar-refractivity contribution in [2.24, 2.45) is 0 Å². The molecule has 0 aromatic carbocycles. The zero-order valence-electron chi connectivity index (χ0n) is 13.1. The van der Waals surface area contributed by atoms with Crippen LogP contribution in [0.3, 0.4) is 0 Å². The second kappa shape index (κ2) is 12.1. The van der Waals surface area contributed by atoms with E-state index in [4.69, 9.17) is 21.7 Å². The molecular formula is C14H16Br2N4O6. The summed E-state index contributed by atoms with van der Waals surface area (Å²) in [4.78, 5) is 24.9. The molecule has 0 bridgehead atoms. The second-order valence-electron chi connectivity index (χ2n) is 4.45. The molecule has 0 fully saturated rings. The third-order valence-corrected chi connectivity index (χ3v) is 3.37. The number of hydrogen-bond donors (Lipinski definition) is 4. The molecule has 2 aromatic rings. The molecule has 142 valence electrons. The minimum Gasteiger partial charge on any atom is -0.547 e. The van der Waals surface area contributed by atoms with Gasteiger partial charge in [0.2, 0.25) is 0 Å². The molecular weight excluding hydrogens is 480 g/mol. The summed E-state index contributed by atoms with van der Waals surface area (Å²) in [6, 6.07) is 7.35. The lowest BCUT2D eigenvalue weighted by molar-refractivity contribution is -0.361. The molecule has 0 saturated carbocycles. The molecule has 26 heavy (non-hydrogen) atoms. The zero-order valence-corrected chi connectivity index (χ0v) is 16.2. The van der Waals surface area contributed by atoms with Gasteiger partial charge < -0.3 is 30.0 Å². The van der Waals surface area contributed by atoms with Gasteiger partial charge in [-0.1, -0.05) is 0 Å². The zero-order chi connectivity index (χ0) is 20.3. The van der Waals surface area contributed by atoms with Gasteiger partial charge in [-0.25, -0.2) is 9.97 Å². The van der Waals surface area contributed by atoms with E-state index in [0.717, 1.165) is 8.95 Å². The van der Waals surface area contributed by atoms with Crippen molar-refractivity contribution in [2.75, 3.05) is 11.5 Å². The molecule has 0 amide bonds. The summed E-state index contributed by atoms with van der Waals surface area (Å²) >= 11 is 6.52. The summed E-state index contributed by atoms with van der Waals surface area (Å²) in [6.07, 6.45) is -1.31. The van der Waals surface area contributed by atoms with Crippen LogP contribution in [-0.2, 0) is 9.59 Å². The number of nitrogens with one attached hydrogen (secondary N) is 2. The maximum atomic E-state index is 9.63. The molecule has 0 spiro atoms. The number of carboxylic acids is 2. The molecule has 0 radical (unpaired) electrons. The molecule has 2 heterocycles. The Bertz CT molecular complexity index is 596. The quantitative estimate of drug-likeness (QED) is 0.342. The lowest BCUT2D eigenvalue weighted by atomic mass is 10.2. The Balaban J connectivity index is 0.000000363. The van der Waals surface area contributed by atoms with Crippen molar-refractivity contribution in [1.29, 1.82) is 0 Å². The molecule has 2 rings (SSSR count). The Morgan fingerprint density at radius 3 is 1.31 bits per heavy atom. The van der Waals surface area contributed by atoms with Gasteiger partial charge in [-0.2, -0.15) is 0 Å². The number of carbonyl (C=O) groups excluding carboxylic acids is 2. The number of aliphatic hydroxyl groups is 2. The lowest BCUT2D eigenvalue weighted by Gasteiger charge is -2.18. The van der Waals surface area contributed by atoms with E-state index in [9.17, 15) is 19.8 Å². The highest BCUT2D eigenvalue weighted by atomic mass is 79.9. The van der Waals surface area contributed by atoms with Crippen molar-refractivity contribution in [3.8, 4) is 0 Å². The van der Waals surface area contributed by atoms with Crippen LogP contribution >= 0.6 is 31.9 Å². The smallest absolute Gasteiger partial charge is 0.270 e. The van der Waals surface area contributed by atoms with Crippen molar-refractivity contribution in [1.82, 2.24) is 0 Å². The molecule has 0 aliphatic carbocycles. The monoisotopic (exact) mass is 494 g/mol. The van der Waals surface area contributed by atoms with Gasteiger partial charge in [0.25, 0.3) is 11.6 Å². The second-order valence-corrected chi connectivity index (χ2v) is 6.28. The van der Waals surface area contributed by atoms with Crippen molar-refractivity contribution in [3.63, 3.8) is 0 Å². The number of anilines is 2. The number of rotatable bonds is 3. The molecule has 0 aliphatic rings. The highest BCUT2D eigenvalue weighted by Gasteiger charge is 2.17. The van der Waals surface area contributed by atoms with Gasteiger partial charge in [0, 0.05) is 12.1 Å². The number of hydrogen-bond acceptors (Lipinski definition) is 8. The average molecular weight is 496 g/mol. The maximum absolute atomic E-state index is 9.63. The lowest BCUT2D eigenvalue weighted by Crippen LogP contribution is -2.51. The highest BCUT2D eigenvalue weighted by Crippen LogP contribution is 2.04. The Kier molecular flexibility index (Phi) is 11.1. The normalized spacial score (nSPS) is 11.7. The van der Waals surface area contributed by atoms with Crippen molar-refractivity contribution in [3.05, 3.63) is 45.6 Å². The molecule has 12 heteroatoms. The number of aliphatic hydroxyl groups excluding tert-OH is 2. The highest BCUT2D eigenvalue weighted by molar-refractivity contribution is 9.10. The van der Waals surface area contributed by atoms with Crippen LogP contribution in [0.25, 0.3) is 0 Å². The molecule has 2 atom stereocenters. The first-order valence-electron chi connectivity index (χ1n) is 6.67. The van der Waals surface area contributed by atoms with E-state index in [2.05, 4.69) is 41.8 Å². The van der Waals surface area contributed by atoms with Gasteiger partial charge in [-0.15, -0.1) is 0 Å². The van der Waals surface area contributed by atoms with Crippen LogP contribution in [0, 0.1) is 0 Å². The molecule has 0 saturated heterocycles. The van der Waals surface area contributed by atoms with Gasteiger partial charge in [-0.05, 0) is 44.0 Å². The minimum absolute atomic E-state index is 0.674. The topological polar surface area (TPSA) is 201 Å². The Morgan fingerprint density at radius 1 is 0.846 bits per heavy atom. The first-order valence-corrected chi connectivity index (χ1v) is 8.26. The van der Waals surface area contributed by atoms with E-state index in [1.54, 1.807) is 24.5 Å². The Hall–Kier alpha value is -2.28. The summed E-state index contributed by atoms with van der Waals surface area (Å²) in [5.41, 5.74) is 10.7. The van der Waals surface area contributed by atoms with Gasteiger partial charge >= 0.3 is 0 Å². The van der Waals surface area contributed by atoms with Gasteiger partial charge in [0.1, 0.15) is 24.6 Å². The number of H-pyrrole nitrogens is 2. The van der Waals surface area contributed by atoms with E-state index in [1.807, 2.05) is 12.1 Å². The Morgan fingerprint density at radius 2 is 1.15 bits per heavy atom. The number of carboxylic acid groups (broad SMARTS) is 2. The predicted octanol–water partition coefficient (Wildman–Crippen LogP) is -3.10. The van der Waals surface area contributed by atoms with E-state index in [0.29, 0.717) is 11.6 Å². The SMILES string of the molecule is Nc1ccc(Br)c[nH+]1.Nc1ccc(Br)c[nH+]1.O=C([O-])[C@H](O)[C@@H](O)C(=O)[O-]. The summed E-state index contributed by atoms with van der Waals surface area (Å²) in [5.74, 6) is -2.77. The van der Waals surface area contributed by atoms with E-state index in [-0.39, 0.29) is 0 Å². The minimum atomic E-state index is -2.44. The van der Waals surface area contributed by atoms with Crippen LogP contribution in [0.1, 0.15) is 0 Å². The Labute approximate surface area is 164 Å². The number of aromatic nitrogens is 2. The summed E-state index contributed by atoms with van der Waals surface area (Å²) < 4.78 is 2.01. The van der Waals surface area contributed by atoms with Gasteiger partial charge in [0.05, 0.1) is 20.9 Å². The fourth-order valence-corrected chi connectivity index (χ4v) is 1.59. The fraction of sp³-hybridized carbons (Fsp3) is 0.143. The van der Waals surface area contributed by atoms with E-state index < -0.39 is 24.1 Å². The van der Waals surface area contributed by atoms with Crippen LogP contribution in [0.2, 0.25) is 0 Å². The first-order chi connectivity index (χ1) is 12.0. The number of nitrogens with two attached hydrogens (primary N) is 2. The van der Waals surface area contributed by atoms with E-state index >= 15 is 0 Å². The number of pyridine rings is 2. The van der Waals surface area contributed by atoms with Crippen molar-refractivity contribution >= 4 is 55.4 Å². The summed E-state index contributed by atoms with van der Waals surface area (Å²) in [7, 11) is 0. The van der Waals surface area contributed by atoms with Crippen molar-refractivity contribution in [2.45, 2.75) is 12.2 Å². The molecule has 10 nitrogen and oxygen atoms in total. The first kappa shape index (κ1) is 23.7. The summed E-state index contributed by atoms with van der Waals surface area (Å²) in [5, 5.41) is 35.7. The number of carbonyl (C=O) groups is 2. The van der Waals surface area contributed by atoms with Gasteiger partial charge in [-0.3, -0.25) is 11.5 Å². The van der Waals surface area contributed by atoms with Crippen LogP contribution < -0.4 is 31.6 Å². The summed E-state index contributed by atoms with van der Waals surface area (Å²) in [6.45, 7) is 0. The third-order valence-electron chi connectivity index (χ3n) is 2.38. The van der Waals surface area contributed by atoms with Crippen LogP contribution in [-0.4, -0.2) is 34.4 Å². The van der Waals surface area contributed by atoms with E-state index in [1.165, 1.54) is 0 Å². The largest absolute Gasteiger partial charge is 0.547 e. The standard InChI is InChI=1S/2C5H5BrN2.C4H6O6/c2*6-4-1-2-5(7)8-3-4;5-1(3(7)8)2(6)4(9)10/h2*1-3H,(H2,7,8);1-2,5-6H,(H,7,8)(H,9,10)/t;;1-,2-/m..1/s1. The molecule has 8 N–H and O–H groups in total.